The fourth-order valence-corrected chi connectivity index (χ4v) is 1.59. The SMILES string of the molecule is Nc1ccn(-c2ccc(Cl)c(Br)c2)n1. The molecule has 0 saturated carbocycles. The van der Waals surface area contributed by atoms with Crippen molar-refractivity contribution in [2.45, 2.75) is 0 Å². The minimum atomic E-state index is 0.496. The van der Waals surface area contributed by atoms with Crippen molar-refractivity contribution in [2.75, 3.05) is 5.73 Å². The van der Waals surface area contributed by atoms with Crippen LogP contribution in [0.5, 0.6) is 0 Å². The van der Waals surface area contributed by atoms with Gasteiger partial charge in [0.05, 0.1) is 10.7 Å². The van der Waals surface area contributed by atoms with Crippen LogP contribution >= 0.6 is 27.5 Å². The van der Waals surface area contributed by atoms with Gasteiger partial charge in [-0.05, 0) is 34.1 Å². The Labute approximate surface area is 94.6 Å². The van der Waals surface area contributed by atoms with Gasteiger partial charge in [-0.2, -0.15) is 5.10 Å². The molecule has 72 valence electrons. The highest BCUT2D eigenvalue weighted by Gasteiger charge is 2.01. The summed E-state index contributed by atoms with van der Waals surface area (Å²) in [5.41, 5.74) is 6.43. The van der Waals surface area contributed by atoms with Gasteiger partial charge in [-0.25, -0.2) is 4.68 Å². The monoisotopic (exact) mass is 271 g/mol. The summed E-state index contributed by atoms with van der Waals surface area (Å²) in [5, 5.41) is 4.76. The molecule has 2 aromatic rings. The molecule has 0 saturated heterocycles. The molecular formula is C9H7BrClN3. The van der Waals surface area contributed by atoms with Gasteiger partial charge >= 0.3 is 0 Å². The van der Waals surface area contributed by atoms with Crippen LogP contribution in [0.3, 0.4) is 0 Å². The molecule has 2 rings (SSSR count). The van der Waals surface area contributed by atoms with E-state index in [-0.39, 0.29) is 0 Å². The van der Waals surface area contributed by atoms with Crippen LogP contribution in [-0.2, 0) is 0 Å². The fourth-order valence-electron chi connectivity index (χ4n) is 1.11. The fraction of sp³-hybridized carbons (Fsp3) is 0. The summed E-state index contributed by atoms with van der Waals surface area (Å²) in [4.78, 5) is 0. The van der Waals surface area contributed by atoms with Crippen molar-refractivity contribution in [3.8, 4) is 5.69 Å². The maximum absolute atomic E-state index is 5.87. The molecule has 5 heteroatoms. The molecule has 0 aliphatic rings. The molecule has 0 radical (unpaired) electrons. The predicted octanol–water partition coefficient (Wildman–Crippen LogP) is 2.87. The third kappa shape index (κ3) is 1.76. The summed E-state index contributed by atoms with van der Waals surface area (Å²) in [6.07, 6.45) is 1.80. The second kappa shape index (κ2) is 3.63. The summed E-state index contributed by atoms with van der Waals surface area (Å²) in [6.45, 7) is 0. The van der Waals surface area contributed by atoms with Crippen LogP contribution in [0.25, 0.3) is 5.69 Å². The molecule has 0 unspecified atom stereocenters. The first-order valence-electron chi connectivity index (χ1n) is 3.93. The quantitative estimate of drug-likeness (QED) is 0.867. The summed E-state index contributed by atoms with van der Waals surface area (Å²) in [5.74, 6) is 0.496. The number of aromatic nitrogens is 2. The van der Waals surface area contributed by atoms with Gasteiger partial charge in [0.1, 0.15) is 5.82 Å². The van der Waals surface area contributed by atoms with Crippen LogP contribution in [-0.4, -0.2) is 9.78 Å². The lowest BCUT2D eigenvalue weighted by Crippen LogP contribution is -1.95. The van der Waals surface area contributed by atoms with E-state index in [0.717, 1.165) is 10.2 Å². The number of rotatable bonds is 1. The van der Waals surface area contributed by atoms with E-state index in [1.165, 1.54) is 0 Å². The zero-order valence-corrected chi connectivity index (χ0v) is 9.46. The van der Waals surface area contributed by atoms with E-state index < -0.39 is 0 Å². The first kappa shape index (κ1) is 9.55. The largest absolute Gasteiger partial charge is 0.382 e. The van der Waals surface area contributed by atoms with Crippen LogP contribution in [0.15, 0.2) is 34.9 Å². The first-order valence-corrected chi connectivity index (χ1v) is 5.10. The molecule has 1 heterocycles. The van der Waals surface area contributed by atoms with Gasteiger partial charge in [-0.3, -0.25) is 0 Å². The van der Waals surface area contributed by atoms with Crippen molar-refractivity contribution in [1.82, 2.24) is 9.78 Å². The molecule has 0 spiro atoms. The Morgan fingerprint density at radius 3 is 2.71 bits per heavy atom. The molecule has 0 fully saturated rings. The van der Waals surface area contributed by atoms with Crippen molar-refractivity contribution in [2.24, 2.45) is 0 Å². The van der Waals surface area contributed by atoms with Crippen LogP contribution < -0.4 is 5.73 Å². The van der Waals surface area contributed by atoms with E-state index in [2.05, 4.69) is 21.0 Å². The molecular weight excluding hydrogens is 265 g/mol. The predicted molar refractivity (Wildman–Crippen MR) is 60.7 cm³/mol. The number of hydrogen-bond acceptors (Lipinski definition) is 2. The van der Waals surface area contributed by atoms with Crippen molar-refractivity contribution in [3.63, 3.8) is 0 Å². The number of nitrogen functional groups attached to an aromatic ring is 1. The van der Waals surface area contributed by atoms with Gasteiger partial charge in [-0.1, -0.05) is 11.6 Å². The maximum atomic E-state index is 5.87. The molecule has 1 aromatic heterocycles. The minimum absolute atomic E-state index is 0.496. The van der Waals surface area contributed by atoms with Crippen LogP contribution in [0, 0.1) is 0 Å². The van der Waals surface area contributed by atoms with Gasteiger partial charge in [0.2, 0.25) is 0 Å². The van der Waals surface area contributed by atoms with Crippen molar-refractivity contribution in [1.29, 1.82) is 0 Å². The molecule has 14 heavy (non-hydrogen) atoms. The van der Waals surface area contributed by atoms with Gasteiger partial charge in [0.15, 0.2) is 0 Å². The summed E-state index contributed by atoms with van der Waals surface area (Å²) in [6, 6.07) is 7.30. The van der Waals surface area contributed by atoms with Crippen LogP contribution in [0.2, 0.25) is 5.02 Å². The second-order valence-electron chi connectivity index (χ2n) is 2.78. The van der Waals surface area contributed by atoms with E-state index >= 15 is 0 Å². The molecule has 0 atom stereocenters. The Morgan fingerprint density at radius 1 is 1.36 bits per heavy atom. The number of benzene rings is 1. The van der Waals surface area contributed by atoms with Crippen LogP contribution in [0.4, 0.5) is 5.82 Å². The first-order chi connectivity index (χ1) is 6.66. The number of anilines is 1. The highest BCUT2D eigenvalue weighted by Crippen LogP contribution is 2.24. The average molecular weight is 273 g/mol. The third-order valence-electron chi connectivity index (χ3n) is 1.78. The number of hydrogen-bond donors (Lipinski definition) is 1. The Hall–Kier alpha value is -1.00. The van der Waals surface area contributed by atoms with Gasteiger partial charge < -0.3 is 5.73 Å². The lowest BCUT2D eigenvalue weighted by molar-refractivity contribution is 0.885. The minimum Gasteiger partial charge on any atom is -0.382 e. The average Bonchev–Trinajstić information content (AvgIpc) is 2.57. The standard InChI is InChI=1S/C9H7BrClN3/c10-7-5-6(1-2-8(7)11)14-4-3-9(12)13-14/h1-5H,(H2,12,13). The van der Waals surface area contributed by atoms with E-state index in [1.807, 2.05) is 12.1 Å². The van der Waals surface area contributed by atoms with E-state index in [9.17, 15) is 0 Å². The molecule has 2 N–H and O–H groups in total. The van der Waals surface area contributed by atoms with Crippen LogP contribution in [0.1, 0.15) is 0 Å². The highest BCUT2D eigenvalue weighted by molar-refractivity contribution is 9.10. The Morgan fingerprint density at radius 2 is 2.14 bits per heavy atom. The lowest BCUT2D eigenvalue weighted by Gasteiger charge is -2.02. The normalized spacial score (nSPS) is 10.4. The Bertz CT molecular complexity index is 467. The summed E-state index contributed by atoms with van der Waals surface area (Å²) < 4.78 is 2.53. The smallest absolute Gasteiger partial charge is 0.145 e. The highest BCUT2D eigenvalue weighted by atomic mass is 79.9. The molecule has 0 aliphatic heterocycles. The zero-order chi connectivity index (χ0) is 10.1. The van der Waals surface area contributed by atoms with E-state index in [1.54, 1.807) is 23.0 Å². The summed E-state index contributed by atoms with van der Waals surface area (Å²) >= 11 is 9.22. The topological polar surface area (TPSA) is 43.8 Å². The third-order valence-corrected chi connectivity index (χ3v) is 2.99. The Balaban J connectivity index is 2.47. The van der Waals surface area contributed by atoms with Gasteiger partial charge in [0, 0.05) is 16.7 Å². The van der Waals surface area contributed by atoms with Crippen molar-refractivity contribution < 1.29 is 0 Å². The van der Waals surface area contributed by atoms with Gasteiger partial charge in [0.25, 0.3) is 0 Å². The molecule has 0 aliphatic carbocycles. The molecule has 3 nitrogen and oxygen atoms in total. The second-order valence-corrected chi connectivity index (χ2v) is 4.05. The lowest BCUT2D eigenvalue weighted by atomic mass is 10.3. The Kier molecular flexibility index (Phi) is 2.48. The number of halogens is 2. The number of nitrogens with zero attached hydrogens (tertiary/aromatic N) is 2. The molecule has 1 aromatic carbocycles. The van der Waals surface area contributed by atoms with Crippen molar-refractivity contribution >= 4 is 33.3 Å². The molecule has 0 amide bonds. The molecule has 0 bridgehead atoms. The van der Waals surface area contributed by atoms with Crippen molar-refractivity contribution in [3.05, 3.63) is 40.0 Å². The van der Waals surface area contributed by atoms with E-state index in [0.29, 0.717) is 10.8 Å². The zero-order valence-electron chi connectivity index (χ0n) is 7.11. The number of nitrogens with two attached hydrogens (primary N) is 1. The van der Waals surface area contributed by atoms with Gasteiger partial charge in [-0.15, -0.1) is 0 Å². The van der Waals surface area contributed by atoms with E-state index in [4.69, 9.17) is 17.3 Å². The summed E-state index contributed by atoms with van der Waals surface area (Å²) in [7, 11) is 0. The maximum Gasteiger partial charge on any atom is 0.145 e.